The molecule has 1 saturated heterocycles. The first kappa shape index (κ1) is 16.6. The number of halogens is 1. The van der Waals surface area contributed by atoms with Crippen molar-refractivity contribution in [3.05, 3.63) is 29.8 Å². The Morgan fingerprint density at radius 1 is 1.18 bits per heavy atom. The van der Waals surface area contributed by atoms with E-state index in [1.54, 1.807) is 12.1 Å². The Hall–Kier alpha value is -1.75. The van der Waals surface area contributed by atoms with E-state index in [-0.39, 0.29) is 18.4 Å². The fraction of sp³-hybridized carbons (Fsp3) is 0.500. The Balaban J connectivity index is 1.76. The Morgan fingerprint density at radius 2 is 1.86 bits per heavy atom. The van der Waals surface area contributed by atoms with Crippen LogP contribution in [0.4, 0.5) is 10.5 Å². The number of rotatable bonds is 6. The summed E-state index contributed by atoms with van der Waals surface area (Å²) in [6.07, 6.45) is 2.96. The van der Waals surface area contributed by atoms with Crippen LogP contribution >= 0.6 is 11.6 Å². The van der Waals surface area contributed by atoms with E-state index >= 15 is 0 Å². The van der Waals surface area contributed by atoms with E-state index in [1.807, 2.05) is 17.0 Å². The summed E-state index contributed by atoms with van der Waals surface area (Å²) in [5.41, 5.74) is 1.74. The normalized spacial score (nSPS) is 14.0. The number of carbonyl (C=O) groups excluding carboxylic acids is 2. The lowest BCUT2D eigenvalue weighted by Crippen LogP contribution is -2.27. The first-order chi connectivity index (χ1) is 10.7. The SMILES string of the molecule is O=C(Nc1ccc(CCC(=O)N2CCCC2)cc1)OCCCl. The highest BCUT2D eigenvalue weighted by Crippen LogP contribution is 2.14. The molecule has 0 aromatic heterocycles. The minimum atomic E-state index is -0.516. The lowest BCUT2D eigenvalue weighted by molar-refractivity contribution is -0.130. The molecule has 0 spiro atoms. The largest absolute Gasteiger partial charge is 0.448 e. The number of anilines is 1. The van der Waals surface area contributed by atoms with E-state index in [2.05, 4.69) is 5.32 Å². The zero-order valence-electron chi connectivity index (χ0n) is 12.5. The van der Waals surface area contributed by atoms with Crippen molar-refractivity contribution in [2.24, 2.45) is 0 Å². The first-order valence-electron chi connectivity index (χ1n) is 7.55. The molecule has 0 radical (unpaired) electrons. The number of alkyl halides is 1. The zero-order valence-corrected chi connectivity index (χ0v) is 13.3. The summed E-state index contributed by atoms with van der Waals surface area (Å²) in [7, 11) is 0. The molecular weight excluding hydrogens is 304 g/mol. The van der Waals surface area contributed by atoms with Crippen molar-refractivity contribution in [1.82, 2.24) is 4.90 Å². The molecular formula is C16H21ClN2O3. The van der Waals surface area contributed by atoms with Gasteiger partial charge in [0.15, 0.2) is 0 Å². The van der Waals surface area contributed by atoms with Gasteiger partial charge in [-0.2, -0.15) is 0 Å². The molecule has 2 amide bonds. The summed E-state index contributed by atoms with van der Waals surface area (Å²) in [6.45, 7) is 1.97. The smallest absolute Gasteiger partial charge is 0.411 e. The number of carbonyl (C=O) groups is 2. The van der Waals surface area contributed by atoms with Crippen molar-refractivity contribution >= 4 is 29.3 Å². The number of nitrogens with zero attached hydrogens (tertiary/aromatic N) is 1. The summed E-state index contributed by atoms with van der Waals surface area (Å²) in [4.78, 5) is 25.3. The van der Waals surface area contributed by atoms with E-state index in [0.717, 1.165) is 31.5 Å². The number of nitrogens with one attached hydrogen (secondary N) is 1. The third kappa shape index (κ3) is 5.22. The van der Waals surface area contributed by atoms with Crippen LogP contribution in [0.15, 0.2) is 24.3 Å². The monoisotopic (exact) mass is 324 g/mol. The van der Waals surface area contributed by atoms with Gasteiger partial charge in [-0.15, -0.1) is 11.6 Å². The lowest BCUT2D eigenvalue weighted by Gasteiger charge is -2.15. The maximum Gasteiger partial charge on any atom is 0.411 e. The van der Waals surface area contributed by atoms with Gasteiger partial charge in [-0.25, -0.2) is 4.79 Å². The molecule has 0 unspecified atom stereocenters. The van der Waals surface area contributed by atoms with E-state index in [0.29, 0.717) is 18.5 Å². The third-order valence-corrected chi connectivity index (χ3v) is 3.75. The molecule has 0 aliphatic carbocycles. The van der Waals surface area contributed by atoms with Crippen LogP contribution in [0.5, 0.6) is 0 Å². The Labute approximate surface area is 135 Å². The molecule has 6 heteroatoms. The van der Waals surface area contributed by atoms with Crippen molar-refractivity contribution in [3.8, 4) is 0 Å². The van der Waals surface area contributed by atoms with Crippen molar-refractivity contribution in [2.45, 2.75) is 25.7 Å². The average molecular weight is 325 g/mol. The molecule has 0 bridgehead atoms. The van der Waals surface area contributed by atoms with Gasteiger partial charge in [0.1, 0.15) is 6.61 Å². The van der Waals surface area contributed by atoms with Crippen LogP contribution in [0, 0.1) is 0 Å². The van der Waals surface area contributed by atoms with Gasteiger partial charge in [0.25, 0.3) is 0 Å². The van der Waals surface area contributed by atoms with Gasteiger partial charge in [0, 0.05) is 25.2 Å². The van der Waals surface area contributed by atoms with Crippen LogP contribution < -0.4 is 5.32 Å². The molecule has 1 fully saturated rings. The van der Waals surface area contributed by atoms with Crippen molar-refractivity contribution in [1.29, 1.82) is 0 Å². The quantitative estimate of drug-likeness (QED) is 0.818. The van der Waals surface area contributed by atoms with Crippen molar-refractivity contribution in [2.75, 3.05) is 30.9 Å². The van der Waals surface area contributed by atoms with Crippen LogP contribution in [0.3, 0.4) is 0 Å². The fourth-order valence-electron chi connectivity index (χ4n) is 2.42. The Morgan fingerprint density at radius 3 is 2.50 bits per heavy atom. The van der Waals surface area contributed by atoms with Gasteiger partial charge in [-0.1, -0.05) is 12.1 Å². The minimum absolute atomic E-state index is 0.185. The number of ether oxygens (including phenoxy) is 1. The molecule has 1 aromatic carbocycles. The molecule has 22 heavy (non-hydrogen) atoms. The number of amides is 2. The topological polar surface area (TPSA) is 58.6 Å². The summed E-state index contributed by atoms with van der Waals surface area (Å²) in [5.74, 6) is 0.501. The molecule has 1 heterocycles. The maximum atomic E-state index is 12.0. The third-order valence-electron chi connectivity index (χ3n) is 3.60. The molecule has 1 aliphatic heterocycles. The van der Waals surface area contributed by atoms with E-state index in [9.17, 15) is 9.59 Å². The number of hydrogen-bond acceptors (Lipinski definition) is 3. The molecule has 1 aliphatic rings. The zero-order chi connectivity index (χ0) is 15.8. The van der Waals surface area contributed by atoms with Gasteiger partial charge in [0.2, 0.25) is 5.91 Å². The van der Waals surface area contributed by atoms with Crippen LogP contribution in [-0.2, 0) is 16.0 Å². The van der Waals surface area contributed by atoms with Gasteiger partial charge >= 0.3 is 6.09 Å². The molecule has 5 nitrogen and oxygen atoms in total. The minimum Gasteiger partial charge on any atom is -0.448 e. The molecule has 0 atom stereocenters. The molecule has 1 aromatic rings. The second-order valence-corrected chi connectivity index (χ2v) is 5.61. The summed E-state index contributed by atoms with van der Waals surface area (Å²) < 4.78 is 4.83. The van der Waals surface area contributed by atoms with Gasteiger partial charge in [0.05, 0.1) is 5.88 Å². The van der Waals surface area contributed by atoms with Crippen LogP contribution in [0.1, 0.15) is 24.8 Å². The first-order valence-corrected chi connectivity index (χ1v) is 8.09. The van der Waals surface area contributed by atoms with E-state index < -0.39 is 6.09 Å². The van der Waals surface area contributed by atoms with Gasteiger partial charge in [-0.3, -0.25) is 10.1 Å². The highest BCUT2D eigenvalue weighted by Gasteiger charge is 2.17. The molecule has 2 rings (SSSR count). The van der Waals surface area contributed by atoms with E-state index in [4.69, 9.17) is 16.3 Å². The predicted octanol–water partition coefficient (Wildman–Crippen LogP) is 3.03. The number of aryl methyl sites for hydroxylation is 1. The van der Waals surface area contributed by atoms with Gasteiger partial charge in [-0.05, 0) is 37.0 Å². The van der Waals surface area contributed by atoms with E-state index in [1.165, 1.54) is 0 Å². The number of benzene rings is 1. The number of likely N-dealkylation sites (tertiary alicyclic amines) is 1. The summed E-state index contributed by atoms with van der Waals surface area (Å²) >= 11 is 5.44. The Kier molecular flexibility index (Phi) is 6.52. The highest BCUT2D eigenvalue weighted by atomic mass is 35.5. The van der Waals surface area contributed by atoms with Crippen molar-refractivity contribution in [3.63, 3.8) is 0 Å². The van der Waals surface area contributed by atoms with Gasteiger partial charge < -0.3 is 9.64 Å². The van der Waals surface area contributed by atoms with Crippen molar-refractivity contribution < 1.29 is 14.3 Å². The van der Waals surface area contributed by atoms with Crippen LogP contribution in [-0.4, -0.2) is 42.5 Å². The Bertz CT molecular complexity index is 499. The van der Waals surface area contributed by atoms with Crippen LogP contribution in [0.25, 0.3) is 0 Å². The maximum absolute atomic E-state index is 12.0. The molecule has 1 N–H and O–H groups in total. The summed E-state index contributed by atoms with van der Waals surface area (Å²) in [6, 6.07) is 7.43. The fourth-order valence-corrected chi connectivity index (χ4v) is 2.49. The average Bonchev–Trinajstić information content (AvgIpc) is 3.06. The second-order valence-electron chi connectivity index (χ2n) is 5.23. The second kappa shape index (κ2) is 8.63. The lowest BCUT2D eigenvalue weighted by atomic mass is 10.1. The molecule has 0 saturated carbocycles. The standard InChI is InChI=1S/C16H21ClN2O3/c17-9-12-22-16(21)18-14-6-3-13(4-7-14)5-8-15(20)19-10-1-2-11-19/h3-4,6-7H,1-2,5,8-12H2,(H,18,21). The highest BCUT2D eigenvalue weighted by molar-refractivity contribution is 6.18. The van der Waals surface area contributed by atoms with Crippen LogP contribution in [0.2, 0.25) is 0 Å². The number of hydrogen-bond donors (Lipinski definition) is 1. The molecule has 120 valence electrons. The summed E-state index contributed by atoms with van der Waals surface area (Å²) in [5, 5.41) is 2.62. The predicted molar refractivity (Wildman–Crippen MR) is 86.3 cm³/mol.